The number of piperazine rings is 1. The largest absolute Gasteiger partial charge is 0.369 e. The topological polar surface area (TPSA) is 6.48 Å². The monoisotopic (exact) mass is 333 g/mol. The second kappa shape index (κ2) is 6.91. The van der Waals surface area contributed by atoms with Crippen LogP contribution in [0, 0.1) is 6.07 Å². The van der Waals surface area contributed by atoms with Gasteiger partial charge < -0.3 is 9.80 Å². The SMILES string of the molecule is CN1CCN(c2c[c]cc(Cc3c(Cl)cccc3Cl)c2)CC1. The van der Waals surface area contributed by atoms with Gasteiger partial charge in [-0.2, -0.15) is 0 Å². The van der Waals surface area contributed by atoms with Crippen molar-refractivity contribution in [3.8, 4) is 0 Å². The van der Waals surface area contributed by atoms with Crippen LogP contribution < -0.4 is 4.90 Å². The Kier molecular flexibility index (Phi) is 4.92. The van der Waals surface area contributed by atoms with Crippen molar-refractivity contribution < 1.29 is 0 Å². The molecule has 2 aromatic rings. The first-order valence-corrected chi connectivity index (χ1v) is 8.25. The fourth-order valence-electron chi connectivity index (χ4n) is 2.76. The van der Waals surface area contributed by atoms with Crippen molar-refractivity contribution in [2.45, 2.75) is 6.42 Å². The Bertz CT molecular complexity index is 629. The van der Waals surface area contributed by atoms with Crippen LogP contribution in [-0.4, -0.2) is 38.1 Å². The number of rotatable bonds is 3. The summed E-state index contributed by atoms with van der Waals surface area (Å²) in [6.07, 6.45) is 0.733. The van der Waals surface area contributed by atoms with E-state index in [9.17, 15) is 0 Å². The zero-order valence-electron chi connectivity index (χ0n) is 12.6. The van der Waals surface area contributed by atoms with Crippen LogP contribution in [0.2, 0.25) is 10.0 Å². The minimum atomic E-state index is 0.720. The van der Waals surface area contributed by atoms with Crippen molar-refractivity contribution in [3.05, 3.63) is 63.6 Å². The Morgan fingerprint density at radius 2 is 1.73 bits per heavy atom. The van der Waals surface area contributed by atoms with Crippen molar-refractivity contribution in [2.24, 2.45) is 0 Å². The number of likely N-dealkylation sites (N-methyl/N-ethyl adjacent to an activating group) is 1. The summed E-state index contributed by atoms with van der Waals surface area (Å²) in [6, 6.07) is 15.2. The first kappa shape index (κ1) is 15.7. The molecule has 0 unspecified atom stereocenters. The number of hydrogen-bond acceptors (Lipinski definition) is 2. The lowest BCUT2D eigenvalue weighted by molar-refractivity contribution is 0.313. The van der Waals surface area contributed by atoms with E-state index in [0.29, 0.717) is 0 Å². The second-order valence-corrected chi connectivity index (χ2v) is 6.58. The molecule has 0 spiro atoms. The summed E-state index contributed by atoms with van der Waals surface area (Å²) in [5, 5.41) is 1.44. The maximum absolute atomic E-state index is 6.27. The molecule has 2 aromatic carbocycles. The molecule has 0 saturated carbocycles. The van der Waals surface area contributed by atoms with Crippen molar-refractivity contribution in [3.63, 3.8) is 0 Å². The van der Waals surface area contributed by atoms with Crippen molar-refractivity contribution in [1.29, 1.82) is 0 Å². The molecule has 1 fully saturated rings. The summed E-state index contributed by atoms with van der Waals surface area (Å²) in [6.45, 7) is 4.31. The molecule has 1 saturated heterocycles. The molecule has 1 heterocycles. The van der Waals surface area contributed by atoms with Gasteiger partial charge in [-0.1, -0.05) is 35.3 Å². The van der Waals surface area contributed by atoms with Gasteiger partial charge in [-0.15, -0.1) is 0 Å². The maximum atomic E-state index is 6.27. The minimum absolute atomic E-state index is 0.720. The van der Waals surface area contributed by atoms with Gasteiger partial charge in [0.15, 0.2) is 0 Å². The number of hydrogen-bond donors (Lipinski definition) is 0. The summed E-state index contributed by atoms with van der Waals surface area (Å²) in [5.41, 5.74) is 3.40. The molecule has 0 aromatic heterocycles. The highest BCUT2D eigenvalue weighted by atomic mass is 35.5. The Labute approximate surface area is 142 Å². The number of nitrogens with zero attached hydrogens (tertiary/aromatic N) is 2. The fraction of sp³-hybridized carbons (Fsp3) is 0.333. The van der Waals surface area contributed by atoms with Crippen molar-refractivity contribution in [1.82, 2.24) is 4.90 Å². The minimum Gasteiger partial charge on any atom is -0.369 e. The average Bonchev–Trinajstić information content (AvgIpc) is 2.52. The number of halogens is 2. The Hall–Kier alpha value is -1.22. The van der Waals surface area contributed by atoms with Gasteiger partial charge in [0.05, 0.1) is 0 Å². The third-order valence-corrected chi connectivity index (χ3v) is 4.85. The predicted molar refractivity (Wildman–Crippen MR) is 94.3 cm³/mol. The zero-order chi connectivity index (χ0) is 15.5. The van der Waals surface area contributed by atoms with Gasteiger partial charge in [-0.05, 0) is 48.5 Å². The van der Waals surface area contributed by atoms with Gasteiger partial charge in [0.1, 0.15) is 0 Å². The van der Waals surface area contributed by atoms with Gasteiger partial charge in [-0.25, -0.2) is 0 Å². The van der Waals surface area contributed by atoms with E-state index in [-0.39, 0.29) is 0 Å². The van der Waals surface area contributed by atoms with Crippen LogP contribution in [0.5, 0.6) is 0 Å². The van der Waals surface area contributed by atoms with Crippen LogP contribution in [0.1, 0.15) is 11.1 Å². The lowest BCUT2D eigenvalue weighted by Crippen LogP contribution is -2.44. The third kappa shape index (κ3) is 3.57. The molecule has 2 nitrogen and oxygen atoms in total. The van der Waals surface area contributed by atoms with Gasteiger partial charge in [0, 0.05) is 48.3 Å². The lowest BCUT2D eigenvalue weighted by Gasteiger charge is -2.34. The van der Waals surface area contributed by atoms with Crippen LogP contribution in [0.3, 0.4) is 0 Å². The molecular weight excluding hydrogens is 315 g/mol. The molecular formula is C18H19Cl2N2. The molecule has 0 N–H and O–H groups in total. The lowest BCUT2D eigenvalue weighted by atomic mass is 10.0. The van der Waals surface area contributed by atoms with Crippen LogP contribution in [0.25, 0.3) is 0 Å². The molecule has 0 atom stereocenters. The molecule has 3 rings (SSSR count). The molecule has 4 heteroatoms. The van der Waals surface area contributed by atoms with E-state index < -0.39 is 0 Å². The van der Waals surface area contributed by atoms with Crippen LogP contribution in [0.15, 0.2) is 36.4 Å². The summed E-state index contributed by atoms with van der Waals surface area (Å²) in [5.74, 6) is 0. The van der Waals surface area contributed by atoms with Crippen LogP contribution in [-0.2, 0) is 6.42 Å². The molecule has 0 amide bonds. The van der Waals surface area contributed by atoms with E-state index in [4.69, 9.17) is 23.2 Å². The molecule has 22 heavy (non-hydrogen) atoms. The van der Waals surface area contributed by atoms with E-state index in [1.54, 1.807) is 0 Å². The molecule has 115 valence electrons. The molecule has 0 bridgehead atoms. The van der Waals surface area contributed by atoms with E-state index in [1.165, 1.54) is 11.3 Å². The Balaban J connectivity index is 1.79. The van der Waals surface area contributed by atoms with E-state index in [0.717, 1.165) is 48.2 Å². The smallest absolute Gasteiger partial charge is 0.0456 e. The van der Waals surface area contributed by atoms with E-state index >= 15 is 0 Å². The molecule has 0 aliphatic carbocycles. The van der Waals surface area contributed by atoms with Crippen LogP contribution in [0.4, 0.5) is 5.69 Å². The fourth-order valence-corrected chi connectivity index (χ4v) is 3.29. The standard InChI is InChI=1S/C18H19Cl2N2/c1-21-8-10-22(11-9-21)15-5-2-4-14(12-15)13-16-17(19)6-3-7-18(16)20/h3-7,12H,8-11,13H2,1H3. The second-order valence-electron chi connectivity index (χ2n) is 5.77. The predicted octanol–water partition coefficient (Wildman–Crippen LogP) is 4.14. The molecule has 1 radical (unpaired) electrons. The summed E-state index contributed by atoms with van der Waals surface area (Å²) in [7, 11) is 2.17. The zero-order valence-corrected chi connectivity index (χ0v) is 14.2. The maximum Gasteiger partial charge on any atom is 0.0456 e. The summed E-state index contributed by atoms with van der Waals surface area (Å²) < 4.78 is 0. The van der Waals surface area contributed by atoms with Crippen molar-refractivity contribution >= 4 is 28.9 Å². The van der Waals surface area contributed by atoms with E-state index in [2.05, 4.69) is 35.0 Å². The Morgan fingerprint density at radius 3 is 2.41 bits per heavy atom. The Morgan fingerprint density at radius 1 is 1.05 bits per heavy atom. The summed E-state index contributed by atoms with van der Waals surface area (Å²) >= 11 is 12.5. The van der Waals surface area contributed by atoms with Crippen molar-refractivity contribution in [2.75, 3.05) is 38.1 Å². The van der Waals surface area contributed by atoms with Gasteiger partial charge in [0.2, 0.25) is 0 Å². The molecule has 1 aliphatic rings. The van der Waals surface area contributed by atoms with E-state index in [1.807, 2.05) is 24.3 Å². The van der Waals surface area contributed by atoms with Crippen LogP contribution >= 0.6 is 23.2 Å². The highest BCUT2D eigenvalue weighted by Crippen LogP contribution is 2.28. The quantitative estimate of drug-likeness (QED) is 0.833. The van der Waals surface area contributed by atoms with Gasteiger partial charge in [0.25, 0.3) is 0 Å². The third-order valence-electron chi connectivity index (χ3n) is 4.14. The average molecular weight is 334 g/mol. The first-order chi connectivity index (χ1) is 10.6. The first-order valence-electron chi connectivity index (χ1n) is 7.50. The van der Waals surface area contributed by atoms with Gasteiger partial charge >= 0.3 is 0 Å². The molecule has 1 aliphatic heterocycles. The number of anilines is 1. The van der Waals surface area contributed by atoms with Gasteiger partial charge in [-0.3, -0.25) is 0 Å². The highest BCUT2D eigenvalue weighted by molar-refractivity contribution is 6.36. The highest BCUT2D eigenvalue weighted by Gasteiger charge is 2.15. The number of benzene rings is 2. The summed E-state index contributed by atoms with van der Waals surface area (Å²) in [4.78, 5) is 4.77. The normalized spacial score (nSPS) is 16.0.